The van der Waals surface area contributed by atoms with Crippen molar-refractivity contribution in [2.45, 2.75) is 32.4 Å². The first-order valence-corrected chi connectivity index (χ1v) is 6.06. The van der Waals surface area contributed by atoms with Gasteiger partial charge in [-0.05, 0) is 20.3 Å². The highest BCUT2D eigenvalue weighted by molar-refractivity contribution is 5.21. The summed E-state index contributed by atoms with van der Waals surface area (Å²) in [6, 6.07) is 0.882. The van der Waals surface area contributed by atoms with E-state index in [1.54, 1.807) is 0 Å². The number of hydrogen-bond acceptors (Lipinski definition) is 3. The zero-order valence-electron chi connectivity index (χ0n) is 9.94. The van der Waals surface area contributed by atoms with Crippen molar-refractivity contribution in [1.82, 2.24) is 15.1 Å². The molecular formula is C12H19N3O. The summed E-state index contributed by atoms with van der Waals surface area (Å²) in [6.45, 7) is 7.21. The molecule has 0 aliphatic carbocycles. The normalized spacial score (nSPS) is 33.6. The smallest absolute Gasteiger partial charge is 0.0553 e. The lowest BCUT2D eigenvalue weighted by Gasteiger charge is -2.46. The van der Waals surface area contributed by atoms with Crippen LogP contribution in [0.2, 0.25) is 0 Å². The van der Waals surface area contributed by atoms with Crippen molar-refractivity contribution < 1.29 is 4.74 Å². The molecular weight excluding hydrogens is 202 g/mol. The maximum atomic E-state index is 5.54. The van der Waals surface area contributed by atoms with Gasteiger partial charge in [-0.1, -0.05) is 0 Å². The van der Waals surface area contributed by atoms with Crippen LogP contribution in [-0.4, -0.2) is 29.5 Å². The number of aromatic nitrogens is 2. The third kappa shape index (κ3) is 1.40. The van der Waals surface area contributed by atoms with Gasteiger partial charge in [0.2, 0.25) is 0 Å². The van der Waals surface area contributed by atoms with Crippen molar-refractivity contribution in [3.8, 4) is 0 Å². The molecule has 1 aromatic heterocycles. The predicted octanol–water partition coefficient (Wildman–Crippen LogP) is 1.51. The highest BCUT2D eigenvalue weighted by Gasteiger charge is 2.50. The van der Waals surface area contributed by atoms with Crippen LogP contribution in [0.25, 0.3) is 0 Å². The fraction of sp³-hybridized carbons (Fsp3) is 0.750. The highest BCUT2D eigenvalue weighted by atomic mass is 16.5. The van der Waals surface area contributed by atoms with Crippen molar-refractivity contribution >= 4 is 0 Å². The molecule has 0 saturated carbocycles. The molecule has 3 heterocycles. The Balaban J connectivity index is 1.81. The summed E-state index contributed by atoms with van der Waals surface area (Å²) in [5, 5.41) is 7.92. The van der Waals surface area contributed by atoms with Gasteiger partial charge in [0, 0.05) is 42.4 Å². The van der Waals surface area contributed by atoms with E-state index in [-0.39, 0.29) is 0 Å². The number of nitrogens with one attached hydrogen (secondary N) is 1. The molecule has 2 atom stereocenters. The molecule has 2 aliphatic rings. The number of ether oxygens (including phenoxy) is 1. The second-order valence-electron chi connectivity index (χ2n) is 5.33. The predicted molar refractivity (Wildman–Crippen MR) is 61.2 cm³/mol. The molecule has 16 heavy (non-hydrogen) atoms. The third-order valence-electron chi connectivity index (χ3n) is 3.89. The van der Waals surface area contributed by atoms with Crippen molar-refractivity contribution in [2.24, 2.45) is 5.41 Å². The SMILES string of the molecule is CC(C)n1cc([C@@H]2NC[C@]23CCOC3)cn1. The maximum Gasteiger partial charge on any atom is 0.0553 e. The Kier molecular flexibility index (Phi) is 2.30. The molecule has 0 radical (unpaired) electrons. The molecule has 1 aromatic rings. The molecule has 88 valence electrons. The molecule has 2 aliphatic heterocycles. The third-order valence-corrected chi connectivity index (χ3v) is 3.89. The van der Waals surface area contributed by atoms with Crippen LogP contribution in [0.3, 0.4) is 0 Å². The van der Waals surface area contributed by atoms with E-state index in [1.165, 1.54) is 12.0 Å². The van der Waals surface area contributed by atoms with E-state index in [1.807, 2.05) is 10.9 Å². The highest BCUT2D eigenvalue weighted by Crippen LogP contribution is 2.46. The van der Waals surface area contributed by atoms with E-state index in [0.29, 0.717) is 17.5 Å². The van der Waals surface area contributed by atoms with Crippen LogP contribution in [0.1, 0.15) is 37.9 Å². The zero-order chi connectivity index (χ0) is 11.2. The second kappa shape index (κ2) is 3.57. The van der Waals surface area contributed by atoms with E-state index in [4.69, 9.17) is 4.74 Å². The monoisotopic (exact) mass is 221 g/mol. The van der Waals surface area contributed by atoms with Gasteiger partial charge in [0.25, 0.3) is 0 Å². The van der Waals surface area contributed by atoms with E-state index in [2.05, 4.69) is 30.5 Å². The maximum absolute atomic E-state index is 5.54. The molecule has 0 unspecified atom stereocenters. The van der Waals surface area contributed by atoms with Crippen LogP contribution in [0.15, 0.2) is 12.4 Å². The fourth-order valence-corrected chi connectivity index (χ4v) is 2.74. The van der Waals surface area contributed by atoms with Gasteiger partial charge in [-0.25, -0.2) is 0 Å². The van der Waals surface area contributed by atoms with Gasteiger partial charge >= 0.3 is 0 Å². The van der Waals surface area contributed by atoms with Crippen LogP contribution in [-0.2, 0) is 4.74 Å². The van der Waals surface area contributed by atoms with E-state index in [0.717, 1.165) is 19.8 Å². The van der Waals surface area contributed by atoms with Gasteiger partial charge < -0.3 is 10.1 Å². The lowest BCUT2D eigenvalue weighted by molar-refractivity contribution is 0.0576. The zero-order valence-corrected chi connectivity index (χ0v) is 9.94. The molecule has 0 aromatic carbocycles. The average Bonchev–Trinajstić information content (AvgIpc) is 2.85. The average molecular weight is 221 g/mol. The van der Waals surface area contributed by atoms with Crippen LogP contribution in [0.5, 0.6) is 0 Å². The summed E-state index contributed by atoms with van der Waals surface area (Å²) in [4.78, 5) is 0. The number of nitrogens with zero attached hydrogens (tertiary/aromatic N) is 2. The standard InChI is InChI=1S/C12H19N3O/c1-9(2)15-6-10(5-14-15)11-12(7-13-11)3-4-16-8-12/h5-6,9,11,13H,3-4,7-8H2,1-2H3/t11-,12-/m0/s1. The summed E-state index contributed by atoms with van der Waals surface area (Å²) < 4.78 is 7.57. The van der Waals surface area contributed by atoms with E-state index >= 15 is 0 Å². The minimum atomic E-state index is 0.352. The minimum absolute atomic E-state index is 0.352. The first kappa shape index (κ1) is 10.3. The summed E-state index contributed by atoms with van der Waals surface area (Å²) in [7, 11) is 0. The lowest BCUT2D eigenvalue weighted by atomic mass is 9.71. The van der Waals surface area contributed by atoms with Crippen LogP contribution in [0.4, 0.5) is 0 Å². The Bertz CT molecular complexity index is 379. The second-order valence-corrected chi connectivity index (χ2v) is 5.33. The van der Waals surface area contributed by atoms with Crippen molar-refractivity contribution in [1.29, 1.82) is 0 Å². The molecule has 2 saturated heterocycles. The quantitative estimate of drug-likeness (QED) is 0.823. The number of rotatable bonds is 2. The Morgan fingerprint density at radius 2 is 2.50 bits per heavy atom. The summed E-state index contributed by atoms with van der Waals surface area (Å²) in [5.74, 6) is 0. The molecule has 1 spiro atoms. The lowest BCUT2D eigenvalue weighted by Crippen LogP contribution is -2.56. The van der Waals surface area contributed by atoms with Crippen LogP contribution < -0.4 is 5.32 Å². The van der Waals surface area contributed by atoms with Gasteiger partial charge in [-0.2, -0.15) is 5.10 Å². The van der Waals surface area contributed by atoms with Crippen molar-refractivity contribution in [2.75, 3.05) is 19.8 Å². The Morgan fingerprint density at radius 1 is 1.62 bits per heavy atom. The summed E-state index contributed by atoms with van der Waals surface area (Å²) in [5.41, 5.74) is 1.66. The molecule has 2 fully saturated rings. The summed E-state index contributed by atoms with van der Waals surface area (Å²) in [6.07, 6.45) is 5.34. The topological polar surface area (TPSA) is 39.1 Å². The van der Waals surface area contributed by atoms with Crippen LogP contribution in [0, 0.1) is 5.41 Å². The Morgan fingerprint density at radius 3 is 3.00 bits per heavy atom. The van der Waals surface area contributed by atoms with Crippen molar-refractivity contribution in [3.05, 3.63) is 18.0 Å². The molecule has 0 amide bonds. The number of hydrogen-bond donors (Lipinski definition) is 1. The van der Waals surface area contributed by atoms with Crippen LogP contribution >= 0.6 is 0 Å². The van der Waals surface area contributed by atoms with E-state index < -0.39 is 0 Å². The first-order chi connectivity index (χ1) is 7.71. The molecule has 4 nitrogen and oxygen atoms in total. The fourth-order valence-electron chi connectivity index (χ4n) is 2.74. The molecule has 0 bridgehead atoms. The van der Waals surface area contributed by atoms with Gasteiger partial charge in [-0.3, -0.25) is 4.68 Å². The molecule has 4 heteroatoms. The minimum Gasteiger partial charge on any atom is -0.381 e. The van der Waals surface area contributed by atoms with Gasteiger partial charge in [-0.15, -0.1) is 0 Å². The molecule has 1 N–H and O–H groups in total. The van der Waals surface area contributed by atoms with Crippen molar-refractivity contribution in [3.63, 3.8) is 0 Å². The molecule has 3 rings (SSSR count). The largest absolute Gasteiger partial charge is 0.381 e. The Hall–Kier alpha value is -0.870. The van der Waals surface area contributed by atoms with Gasteiger partial charge in [0.05, 0.1) is 12.8 Å². The summed E-state index contributed by atoms with van der Waals surface area (Å²) >= 11 is 0. The van der Waals surface area contributed by atoms with Gasteiger partial charge in [0.15, 0.2) is 0 Å². The first-order valence-electron chi connectivity index (χ1n) is 6.06. The van der Waals surface area contributed by atoms with E-state index in [9.17, 15) is 0 Å². The van der Waals surface area contributed by atoms with Gasteiger partial charge in [0.1, 0.15) is 0 Å². The Labute approximate surface area is 96.0 Å².